The first-order valence-corrected chi connectivity index (χ1v) is 9.49. The molecule has 2 heterocycles. The number of nitrogens with zero attached hydrogens (tertiary/aromatic N) is 1. The van der Waals surface area contributed by atoms with Gasteiger partial charge in [-0.3, -0.25) is 10.1 Å². The number of hydrogen-bond acceptors (Lipinski definition) is 4. The Kier molecular flexibility index (Phi) is 5.07. The van der Waals surface area contributed by atoms with Gasteiger partial charge in [0.15, 0.2) is 0 Å². The lowest BCUT2D eigenvalue weighted by Crippen LogP contribution is -2.44. The average molecular weight is 379 g/mol. The van der Waals surface area contributed by atoms with Crippen LogP contribution in [0.4, 0.5) is 0 Å². The zero-order valence-electron chi connectivity index (χ0n) is 16.1. The van der Waals surface area contributed by atoms with Crippen molar-refractivity contribution in [2.75, 3.05) is 27.2 Å². The molecule has 0 spiro atoms. The number of fused-ring (bicyclic) bond motifs is 3. The van der Waals surface area contributed by atoms with Gasteiger partial charge in [-0.15, -0.1) is 0 Å². The summed E-state index contributed by atoms with van der Waals surface area (Å²) in [6.07, 6.45) is 0.463. The summed E-state index contributed by atoms with van der Waals surface area (Å²) in [4.78, 5) is 17.3. The predicted molar refractivity (Wildman–Crippen MR) is 109 cm³/mol. The van der Waals surface area contributed by atoms with Gasteiger partial charge in [-0.25, -0.2) is 0 Å². The minimum Gasteiger partial charge on any atom is -0.492 e. The van der Waals surface area contributed by atoms with E-state index in [4.69, 9.17) is 4.74 Å². The molecule has 4 rings (SSSR count). The Hall–Kier alpha value is -2.83. The van der Waals surface area contributed by atoms with Crippen LogP contribution in [0, 0.1) is 0 Å². The fraction of sp³-hybridized carbons (Fsp3) is 0.318. The van der Waals surface area contributed by atoms with Crippen LogP contribution in [-0.4, -0.2) is 54.2 Å². The molecule has 1 aromatic heterocycles. The SMILES string of the molecule is CN(C)CCOc1cccc(C2NC(C(=O)O)Cc3c2[nH]c2ccccc32)c1. The number of para-hydroxylation sites is 1. The second-order valence-electron chi connectivity index (χ2n) is 7.48. The fourth-order valence-corrected chi connectivity index (χ4v) is 3.79. The molecule has 0 fully saturated rings. The molecule has 0 amide bonds. The molecule has 1 aliphatic rings. The number of ether oxygens (including phenoxy) is 1. The lowest BCUT2D eigenvalue weighted by Gasteiger charge is -2.29. The maximum absolute atomic E-state index is 11.8. The van der Waals surface area contributed by atoms with Gasteiger partial charge < -0.3 is 19.7 Å². The third kappa shape index (κ3) is 3.61. The molecule has 3 aromatic rings. The van der Waals surface area contributed by atoms with E-state index in [1.54, 1.807) is 0 Å². The summed E-state index contributed by atoms with van der Waals surface area (Å²) < 4.78 is 5.87. The molecular weight excluding hydrogens is 354 g/mol. The second kappa shape index (κ2) is 7.66. The van der Waals surface area contributed by atoms with Gasteiger partial charge in [0.1, 0.15) is 18.4 Å². The van der Waals surface area contributed by atoms with Gasteiger partial charge in [-0.05, 0) is 43.4 Å². The Morgan fingerprint density at radius 1 is 1.21 bits per heavy atom. The van der Waals surface area contributed by atoms with Crippen LogP contribution in [0.2, 0.25) is 0 Å². The molecule has 0 saturated carbocycles. The highest BCUT2D eigenvalue weighted by Crippen LogP contribution is 2.36. The van der Waals surface area contributed by atoms with E-state index in [0.717, 1.165) is 40.0 Å². The van der Waals surface area contributed by atoms with Crippen molar-refractivity contribution in [3.63, 3.8) is 0 Å². The van der Waals surface area contributed by atoms with E-state index in [1.807, 2.05) is 62.6 Å². The molecule has 2 unspecified atom stereocenters. The van der Waals surface area contributed by atoms with Crippen LogP contribution < -0.4 is 10.1 Å². The summed E-state index contributed by atoms with van der Waals surface area (Å²) in [6.45, 7) is 1.43. The molecule has 0 aliphatic carbocycles. The number of aromatic nitrogens is 1. The molecule has 6 nitrogen and oxygen atoms in total. The number of aliphatic carboxylic acids is 1. The minimum absolute atomic E-state index is 0.227. The number of benzene rings is 2. The van der Waals surface area contributed by atoms with Crippen LogP contribution in [0.15, 0.2) is 48.5 Å². The second-order valence-corrected chi connectivity index (χ2v) is 7.48. The highest BCUT2D eigenvalue weighted by Gasteiger charge is 2.33. The van der Waals surface area contributed by atoms with E-state index in [2.05, 4.69) is 15.2 Å². The van der Waals surface area contributed by atoms with Crippen LogP contribution in [0.25, 0.3) is 10.9 Å². The van der Waals surface area contributed by atoms with Crippen molar-refractivity contribution in [2.45, 2.75) is 18.5 Å². The van der Waals surface area contributed by atoms with E-state index in [1.165, 1.54) is 0 Å². The summed E-state index contributed by atoms with van der Waals surface area (Å²) in [6, 6.07) is 15.1. The Labute approximate surface area is 164 Å². The van der Waals surface area contributed by atoms with E-state index in [0.29, 0.717) is 13.0 Å². The molecule has 2 aromatic carbocycles. The smallest absolute Gasteiger partial charge is 0.321 e. The highest BCUT2D eigenvalue weighted by molar-refractivity contribution is 5.87. The molecule has 2 atom stereocenters. The van der Waals surface area contributed by atoms with Crippen molar-refractivity contribution < 1.29 is 14.6 Å². The number of aromatic amines is 1. The quantitative estimate of drug-likeness (QED) is 0.614. The lowest BCUT2D eigenvalue weighted by atomic mass is 9.90. The molecule has 28 heavy (non-hydrogen) atoms. The van der Waals surface area contributed by atoms with Gasteiger partial charge in [-0.2, -0.15) is 0 Å². The summed E-state index contributed by atoms with van der Waals surface area (Å²) in [5.74, 6) is -0.0458. The van der Waals surface area contributed by atoms with Gasteiger partial charge >= 0.3 is 5.97 Å². The molecule has 0 saturated heterocycles. The van der Waals surface area contributed by atoms with Gasteiger partial charge in [0, 0.05) is 29.6 Å². The summed E-state index contributed by atoms with van der Waals surface area (Å²) in [5.41, 5.74) is 4.12. The predicted octanol–water partition coefficient (Wildman–Crippen LogP) is 2.80. The molecule has 1 aliphatic heterocycles. The molecule has 0 bridgehead atoms. The molecule has 146 valence electrons. The number of nitrogens with one attached hydrogen (secondary N) is 2. The number of carboxylic acids is 1. The Bertz CT molecular complexity index is 996. The van der Waals surface area contributed by atoms with Crippen LogP contribution in [0.3, 0.4) is 0 Å². The van der Waals surface area contributed by atoms with Gasteiger partial charge in [0.05, 0.1) is 6.04 Å². The molecule has 0 radical (unpaired) electrons. The molecule has 3 N–H and O–H groups in total. The Morgan fingerprint density at radius 3 is 2.82 bits per heavy atom. The topological polar surface area (TPSA) is 77.6 Å². The van der Waals surface area contributed by atoms with Gasteiger partial charge in [0.25, 0.3) is 0 Å². The average Bonchev–Trinajstić information content (AvgIpc) is 3.06. The van der Waals surface area contributed by atoms with Gasteiger partial charge in [0.2, 0.25) is 0 Å². The minimum atomic E-state index is -0.834. The van der Waals surface area contributed by atoms with Crippen molar-refractivity contribution in [1.82, 2.24) is 15.2 Å². The number of carbonyl (C=O) groups is 1. The van der Waals surface area contributed by atoms with E-state index in [9.17, 15) is 9.90 Å². The summed E-state index contributed by atoms with van der Waals surface area (Å²) >= 11 is 0. The van der Waals surface area contributed by atoms with Crippen molar-refractivity contribution >= 4 is 16.9 Å². The standard InChI is InChI=1S/C22H25N3O3/c1-25(2)10-11-28-15-7-5-6-14(12-15)20-21-17(13-19(24-20)22(26)27)16-8-3-4-9-18(16)23-21/h3-9,12,19-20,23-24H,10-11,13H2,1-2H3,(H,26,27). The Morgan fingerprint density at radius 2 is 2.04 bits per heavy atom. The number of carboxylic acid groups (broad SMARTS) is 1. The van der Waals surface area contributed by atoms with Gasteiger partial charge in [-0.1, -0.05) is 30.3 Å². The number of hydrogen-bond donors (Lipinski definition) is 3. The summed E-state index contributed by atoms with van der Waals surface area (Å²) in [7, 11) is 4.02. The first kappa shape index (κ1) is 18.5. The van der Waals surface area contributed by atoms with Crippen molar-refractivity contribution in [2.24, 2.45) is 0 Å². The number of H-pyrrole nitrogens is 1. The van der Waals surface area contributed by atoms with E-state index in [-0.39, 0.29) is 6.04 Å². The zero-order chi connectivity index (χ0) is 19.7. The van der Waals surface area contributed by atoms with Crippen LogP contribution in [0.5, 0.6) is 5.75 Å². The molecule has 6 heteroatoms. The third-order valence-electron chi connectivity index (χ3n) is 5.21. The van der Waals surface area contributed by atoms with Crippen molar-refractivity contribution in [3.8, 4) is 5.75 Å². The first-order chi connectivity index (χ1) is 13.5. The number of rotatable bonds is 6. The highest BCUT2D eigenvalue weighted by atomic mass is 16.5. The maximum atomic E-state index is 11.8. The summed E-state index contributed by atoms with van der Waals surface area (Å²) in [5, 5.41) is 14.0. The van der Waals surface area contributed by atoms with Crippen LogP contribution in [0.1, 0.15) is 22.9 Å². The Balaban J connectivity index is 1.70. The fourth-order valence-electron chi connectivity index (χ4n) is 3.79. The number of likely N-dealkylation sites (N-methyl/N-ethyl adjacent to an activating group) is 1. The van der Waals surface area contributed by atoms with Crippen molar-refractivity contribution in [3.05, 3.63) is 65.4 Å². The molecular formula is C22H25N3O3. The van der Waals surface area contributed by atoms with Crippen LogP contribution >= 0.6 is 0 Å². The van der Waals surface area contributed by atoms with Crippen molar-refractivity contribution in [1.29, 1.82) is 0 Å². The monoisotopic (exact) mass is 379 g/mol. The maximum Gasteiger partial charge on any atom is 0.321 e. The lowest BCUT2D eigenvalue weighted by molar-refractivity contribution is -0.139. The first-order valence-electron chi connectivity index (χ1n) is 9.49. The van der Waals surface area contributed by atoms with E-state index >= 15 is 0 Å². The zero-order valence-corrected chi connectivity index (χ0v) is 16.1. The normalized spacial score (nSPS) is 19.0. The van der Waals surface area contributed by atoms with Crippen LogP contribution in [-0.2, 0) is 11.2 Å². The van der Waals surface area contributed by atoms with E-state index < -0.39 is 12.0 Å². The largest absolute Gasteiger partial charge is 0.492 e. The third-order valence-corrected chi connectivity index (χ3v) is 5.21.